The van der Waals surface area contributed by atoms with Gasteiger partial charge in [-0.25, -0.2) is 4.98 Å². The maximum absolute atomic E-state index is 11.9. The highest BCUT2D eigenvalue weighted by molar-refractivity contribution is 5.75. The number of nitrogens with one attached hydrogen (secondary N) is 2. The average molecular weight is 356 g/mol. The predicted octanol–water partition coefficient (Wildman–Crippen LogP) is 2.08. The molecule has 2 N–H and O–H groups in total. The van der Waals surface area contributed by atoms with Gasteiger partial charge in [0.1, 0.15) is 0 Å². The minimum absolute atomic E-state index is 0.111. The number of hydrogen-bond donors (Lipinski definition) is 2. The SMILES string of the molecule is O=C(CCCc1ncc(-c2ccccc2)o1)NCCCN1CCNCC1. The lowest BCUT2D eigenvalue weighted by Gasteiger charge is -2.27. The number of benzene rings is 1. The van der Waals surface area contributed by atoms with Crippen molar-refractivity contribution in [3.05, 3.63) is 42.4 Å². The number of aryl methyl sites for hydroxylation is 1. The molecule has 26 heavy (non-hydrogen) atoms. The lowest BCUT2D eigenvalue weighted by molar-refractivity contribution is -0.121. The van der Waals surface area contributed by atoms with Crippen LogP contribution < -0.4 is 10.6 Å². The highest BCUT2D eigenvalue weighted by Crippen LogP contribution is 2.20. The Morgan fingerprint density at radius 1 is 1.19 bits per heavy atom. The summed E-state index contributed by atoms with van der Waals surface area (Å²) in [6.07, 6.45) is 4.70. The molecular formula is C20H28N4O2. The molecule has 0 aliphatic carbocycles. The van der Waals surface area contributed by atoms with E-state index < -0.39 is 0 Å². The van der Waals surface area contributed by atoms with Gasteiger partial charge in [0.15, 0.2) is 11.7 Å². The molecular weight excluding hydrogens is 328 g/mol. The Morgan fingerprint density at radius 3 is 2.81 bits per heavy atom. The van der Waals surface area contributed by atoms with Gasteiger partial charge in [-0.1, -0.05) is 30.3 Å². The van der Waals surface area contributed by atoms with Gasteiger partial charge in [-0.3, -0.25) is 4.79 Å². The fraction of sp³-hybridized carbons (Fsp3) is 0.500. The molecule has 1 fully saturated rings. The lowest BCUT2D eigenvalue weighted by Crippen LogP contribution is -2.44. The fourth-order valence-corrected chi connectivity index (χ4v) is 3.12. The summed E-state index contributed by atoms with van der Waals surface area (Å²) in [6, 6.07) is 9.92. The van der Waals surface area contributed by atoms with Gasteiger partial charge in [0, 0.05) is 51.1 Å². The normalized spacial score (nSPS) is 15.1. The smallest absolute Gasteiger partial charge is 0.220 e. The number of piperazine rings is 1. The summed E-state index contributed by atoms with van der Waals surface area (Å²) in [6.45, 7) is 6.16. The standard InChI is InChI=1S/C20H28N4O2/c25-19(22-10-5-13-24-14-11-21-12-15-24)8-4-9-20-23-16-18(26-20)17-6-2-1-3-7-17/h1-3,6-7,16,21H,4-5,8-15H2,(H,22,25). The van der Waals surface area contributed by atoms with E-state index in [0.29, 0.717) is 18.7 Å². The molecule has 2 heterocycles. The zero-order chi connectivity index (χ0) is 18.0. The van der Waals surface area contributed by atoms with E-state index >= 15 is 0 Å². The third-order valence-electron chi connectivity index (χ3n) is 4.59. The molecule has 0 spiro atoms. The maximum Gasteiger partial charge on any atom is 0.220 e. The summed E-state index contributed by atoms with van der Waals surface area (Å²) in [4.78, 5) is 18.7. The molecule has 1 aromatic heterocycles. The van der Waals surface area contributed by atoms with Gasteiger partial charge in [0.05, 0.1) is 6.20 Å². The third kappa shape index (κ3) is 5.97. The van der Waals surface area contributed by atoms with Crippen molar-refractivity contribution in [3.8, 4) is 11.3 Å². The van der Waals surface area contributed by atoms with Gasteiger partial charge in [0.25, 0.3) is 0 Å². The van der Waals surface area contributed by atoms with Gasteiger partial charge in [-0.05, 0) is 19.4 Å². The minimum atomic E-state index is 0.111. The summed E-state index contributed by atoms with van der Waals surface area (Å²) in [5, 5.41) is 6.35. The van der Waals surface area contributed by atoms with E-state index in [-0.39, 0.29) is 5.91 Å². The monoisotopic (exact) mass is 356 g/mol. The van der Waals surface area contributed by atoms with E-state index in [4.69, 9.17) is 4.42 Å². The third-order valence-corrected chi connectivity index (χ3v) is 4.59. The van der Waals surface area contributed by atoms with Crippen LogP contribution in [0.1, 0.15) is 25.2 Å². The lowest BCUT2D eigenvalue weighted by atomic mass is 10.2. The number of carbonyl (C=O) groups is 1. The number of carbonyl (C=O) groups excluding carboxylic acids is 1. The molecule has 0 atom stereocenters. The second kappa shape index (κ2) is 10.1. The Morgan fingerprint density at radius 2 is 2.00 bits per heavy atom. The van der Waals surface area contributed by atoms with Crippen LogP contribution in [-0.4, -0.2) is 55.1 Å². The zero-order valence-corrected chi connectivity index (χ0v) is 15.2. The largest absolute Gasteiger partial charge is 0.441 e. The van der Waals surface area contributed by atoms with E-state index in [1.54, 1.807) is 6.20 Å². The van der Waals surface area contributed by atoms with Crippen LogP contribution in [0.2, 0.25) is 0 Å². The van der Waals surface area contributed by atoms with Crippen LogP contribution in [-0.2, 0) is 11.2 Å². The molecule has 0 unspecified atom stereocenters. The van der Waals surface area contributed by atoms with E-state index in [9.17, 15) is 4.79 Å². The number of rotatable bonds is 9. The number of aromatic nitrogens is 1. The first-order valence-corrected chi connectivity index (χ1v) is 9.51. The molecule has 1 aromatic carbocycles. The van der Waals surface area contributed by atoms with Crippen molar-refractivity contribution < 1.29 is 9.21 Å². The molecule has 6 heteroatoms. The number of nitrogens with zero attached hydrogens (tertiary/aromatic N) is 2. The van der Waals surface area contributed by atoms with Gasteiger partial charge in [-0.15, -0.1) is 0 Å². The van der Waals surface area contributed by atoms with Gasteiger partial charge < -0.3 is 20.0 Å². The topological polar surface area (TPSA) is 70.4 Å². The second-order valence-electron chi connectivity index (χ2n) is 6.63. The van der Waals surface area contributed by atoms with Crippen molar-refractivity contribution in [1.82, 2.24) is 20.5 Å². The molecule has 1 aliphatic heterocycles. The molecule has 2 aromatic rings. The predicted molar refractivity (Wildman–Crippen MR) is 102 cm³/mol. The van der Waals surface area contributed by atoms with Crippen LogP contribution in [0.5, 0.6) is 0 Å². The van der Waals surface area contributed by atoms with Gasteiger partial charge in [0.2, 0.25) is 5.91 Å². The first kappa shape index (κ1) is 18.6. The average Bonchev–Trinajstić information content (AvgIpc) is 3.16. The molecule has 1 saturated heterocycles. The maximum atomic E-state index is 11.9. The van der Waals surface area contributed by atoms with E-state index in [1.165, 1.54) is 0 Å². The summed E-state index contributed by atoms with van der Waals surface area (Å²) in [5.41, 5.74) is 1.02. The highest BCUT2D eigenvalue weighted by atomic mass is 16.4. The number of hydrogen-bond acceptors (Lipinski definition) is 5. The van der Waals surface area contributed by atoms with Crippen molar-refractivity contribution in [2.24, 2.45) is 0 Å². The molecule has 1 amide bonds. The fourth-order valence-electron chi connectivity index (χ4n) is 3.12. The van der Waals surface area contributed by atoms with Gasteiger partial charge >= 0.3 is 0 Å². The quantitative estimate of drug-likeness (QED) is 0.673. The van der Waals surface area contributed by atoms with Gasteiger partial charge in [-0.2, -0.15) is 0 Å². The van der Waals surface area contributed by atoms with Crippen LogP contribution in [0.15, 0.2) is 40.9 Å². The molecule has 0 radical (unpaired) electrons. The Hall–Kier alpha value is -2.18. The summed E-state index contributed by atoms with van der Waals surface area (Å²) < 4.78 is 5.76. The van der Waals surface area contributed by atoms with E-state index in [0.717, 1.165) is 63.4 Å². The minimum Gasteiger partial charge on any atom is -0.441 e. The Bertz CT molecular complexity index is 665. The van der Waals surface area contributed by atoms with E-state index in [2.05, 4.69) is 20.5 Å². The van der Waals surface area contributed by atoms with Crippen molar-refractivity contribution in [2.45, 2.75) is 25.7 Å². The van der Waals surface area contributed by atoms with Crippen molar-refractivity contribution in [3.63, 3.8) is 0 Å². The van der Waals surface area contributed by atoms with Crippen molar-refractivity contribution in [1.29, 1.82) is 0 Å². The second-order valence-corrected chi connectivity index (χ2v) is 6.63. The Balaban J connectivity index is 1.28. The van der Waals surface area contributed by atoms with Crippen LogP contribution >= 0.6 is 0 Å². The molecule has 140 valence electrons. The molecule has 3 rings (SSSR count). The highest BCUT2D eigenvalue weighted by Gasteiger charge is 2.10. The molecule has 1 aliphatic rings. The Kier molecular flexibility index (Phi) is 7.22. The van der Waals surface area contributed by atoms with Crippen LogP contribution in [0, 0.1) is 0 Å². The molecule has 0 bridgehead atoms. The molecule has 0 saturated carbocycles. The van der Waals surface area contributed by atoms with Crippen molar-refractivity contribution in [2.75, 3.05) is 39.3 Å². The van der Waals surface area contributed by atoms with Crippen LogP contribution in [0.25, 0.3) is 11.3 Å². The number of oxazole rings is 1. The first-order valence-electron chi connectivity index (χ1n) is 9.51. The summed E-state index contributed by atoms with van der Waals surface area (Å²) >= 11 is 0. The van der Waals surface area contributed by atoms with E-state index in [1.807, 2.05) is 30.3 Å². The molecule has 6 nitrogen and oxygen atoms in total. The number of amides is 1. The van der Waals surface area contributed by atoms with Crippen LogP contribution in [0.3, 0.4) is 0 Å². The van der Waals surface area contributed by atoms with Crippen molar-refractivity contribution >= 4 is 5.91 Å². The Labute approximate surface area is 155 Å². The summed E-state index contributed by atoms with van der Waals surface area (Å²) in [5.74, 6) is 1.58. The first-order chi connectivity index (χ1) is 12.8. The summed E-state index contributed by atoms with van der Waals surface area (Å²) in [7, 11) is 0. The van der Waals surface area contributed by atoms with Crippen LogP contribution in [0.4, 0.5) is 0 Å². The zero-order valence-electron chi connectivity index (χ0n) is 15.2.